The van der Waals surface area contributed by atoms with E-state index in [1.165, 1.54) is 0 Å². The zero-order valence-electron chi connectivity index (χ0n) is 13.4. The highest BCUT2D eigenvalue weighted by Gasteiger charge is 2.10. The summed E-state index contributed by atoms with van der Waals surface area (Å²) in [6, 6.07) is 10.2. The summed E-state index contributed by atoms with van der Waals surface area (Å²) in [5.41, 5.74) is 7.96. The fourth-order valence-corrected chi connectivity index (χ4v) is 2.41. The first-order valence-corrected chi connectivity index (χ1v) is 8.32. The zero-order chi connectivity index (χ0) is 16.8. The van der Waals surface area contributed by atoms with Crippen molar-refractivity contribution in [2.75, 3.05) is 11.1 Å². The van der Waals surface area contributed by atoms with E-state index < -0.39 is 0 Å². The first-order valence-electron chi connectivity index (χ1n) is 7.53. The third-order valence-electron chi connectivity index (χ3n) is 3.25. The first-order chi connectivity index (χ1) is 11.1. The molecule has 120 valence electrons. The molecule has 0 saturated heterocycles. The smallest absolute Gasteiger partial charge is 0.170 e. The van der Waals surface area contributed by atoms with Crippen LogP contribution in [0.5, 0.6) is 0 Å². The van der Waals surface area contributed by atoms with Crippen LogP contribution in [-0.2, 0) is 0 Å². The molecule has 3 N–H and O–H groups in total. The number of hydrogen-bond acceptors (Lipinski definition) is 5. The zero-order valence-corrected chi connectivity index (χ0v) is 15.0. The number of aromatic nitrogens is 3. The second-order valence-corrected chi connectivity index (χ2v) is 5.56. The molecular formula is C17H20BrN5. The maximum absolute atomic E-state index is 5.84. The standard InChI is InChI=1S/C15H14BrN5.C2H6/c1-9(20-15-14(17)19-8-13(16)21-15)10-4-5-12-11(7-10)3-2-6-18-12;1-2/h2-9H,1H3,(H2,17,19)(H,20,21);1-2H3. The van der Waals surface area contributed by atoms with Gasteiger partial charge in [-0.25, -0.2) is 9.97 Å². The summed E-state index contributed by atoms with van der Waals surface area (Å²) in [5, 5.41) is 4.39. The number of nitrogen functional groups attached to an aromatic ring is 1. The van der Waals surface area contributed by atoms with Crippen molar-refractivity contribution in [1.82, 2.24) is 15.0 Å². The van der Waals surface area contributed by atoms with Gasteiger partial charge in [0.15, 0.2) is 11.6 Å². The number of benzene rings is 1. The van der Waals surface area contributed by atoms with Gasteiger partial charge in [-0.2, -0.15) is 0 Å². The van der Waals surface area contributed by atoms with E-state index in [1.807, 2.05) is 32.0 Å². The Kier molecular flexibility index (Phi) is 5.87. The largest absolute Gasteiger partial charge is 0.381 e. The Morgan fingerprint density at radius 3 is 2.74 bits per heavy atom. The number of pyridine rings is 1. The van der Waals surface area contributed by atoms with Gasteiger partial charge in [-0.3, -0.25) is 4.98 Å². The van der Waals surface area contributed by atoms with E-state index in [-0.39, 0.29) is 6.04 Å². The van der Waals surface area contributed by atoms with Crippen molar-refractivity contribution >= 4 is 38.5 Å². The molecule has 1 unspecified atom stereocenters. The van der Waals surface area contributed by atoms with Crippen LogP contribution in [0.15, 0.2) is 47.3 Å². The van der Waals surface area contributed by atoms with Crippen LogP contribution in [0.4, 0.5) is 11.6 Å². The molecule has 0 amide bonds. The lowest BCUT2D eigenvalue weighted by Gasteiger charge is -2.16. The van der Waals surface area contributed by atoms with Crippen LogP contribution in [0.25, 0.3) is 10.9 Å². The molecule has 0 radical (unpaired) electrons. The number of nitrogens with one attached hydrogen (secondary N) is 1. The fourth-order valence-electron chi connectivity index (χ4n) is 2.13. The molecule has 3 aromatic rings. The lowest BCUT2D eigenvalue weighted by atomic mass is 10.1. The molecule has 0 fully saturated rings. The van der Waals surface area contributed by atoms with Crippen molar-refractivity contribution in [2.24, 2.45) is 0 Å². The number of hydrogen-bond donors (Lipinski definition) is 2. The quantitative estimate of drug-likeness (QED) is 0.702. The highest BCUT2D eigenvalue weighted by Crippen LogP contribution is 2.24. The predicted octanol–water partition coefficient (Wildman–Crippen LogP) is 4.57. The Labute approximate surface area is 144 Å². The summed E-state index contributed by atoms with van der Waals surface area (Å²) < 4.78 is 0.647. The number of nitrogens with zero attached hydrogens (tertiary/aromatic N) is 3. The SMILES string of the molecule is CC.CC(Nc1nc(Br)cnc1N)c1ccc2ncccc2c1. The van der Waals surface area contributed by atoms with Crippen LogP contribution >= 0.6 is 15.9 Å². The van der Waals surface area contributed by atoms with Crippen molar-refractivity contribution in [2.45, 2.75) is 26.8 Å². The molecule has 0 aliphatic heterocycles. The van der Waals surface area contributed by atoms with Crippen molar-refractivity contribution in [3.05, 3.63) is 52.9 Å². The maximum atomic E-state index is 5.84. The van der Waals surface area contributed by atoms with Gasteiger partial charge in [-0.05, 0) is 46.6 Å². The van der Waals surface area contributed by atoms with Gasteiger partial charge in [0.25, 0.3) is 0 Å². The lowest BCUT2D eigenvalue weighted by Crippen LogP contribution is -2.11. The van der Waals surface area contributed by atoms with Gasteiger partial charge < -0.3 is 11.1 Å². The molecule has 0 saturated carbocycles. The fraction of sp³-hybridized carbons (Fsp3) is 0.235. The summed E-state index contributed by atoms with van der Waals surface area (Å²) in [6.07, 6.45) is 3.37. The van der Waals surface area contributed by atoms with E-state index in [0.717, 1.165) is 16.5 Å². The topological polar surface area (TPSA) is 76.7 Å². The van der Waals surface area contributed by atoms with Crippen LogP contribution in [0.3, 0.4) is 0 Å². The Balaban J connectivity index is 0.000000924. The average Bonchev–Trinajstić information content (AvgIpc) is 2.59. The number of fused-ring (bicyclic) bond motifs is 1. The van der Waals surface area contributed by atoms with E-state index in [9.17, 15) is 0 Å². The van der Waals surface area contributed by atoms with E-state index in [0.29, 0.717) is 16.2 Å². The van der Waals surface area contributed by atoms with E-state index in [4.69, 9.17) is 5.73 Å². The molecule has 1 aromatic carbocycles. The van der Waals surface area contributed by atoms with Crippen LogP contribution in [0, 0.1) is 0 Å². The number of anilines is 2. The molecule has 3 rings (SSSR count). The minimum absolute atomic E-state index is 0.0560. The lowest BCUT2D eigenvalue weighted by molar-refractivity contribution is 0.873. The number of halogens is 1. The van der Waals surface area contributed by atoms with Gasteiger partial charge in [-0.1, -0.05) is 26.0 Å². The Morgan fingerprint density at radius 1 is 1.17 bits per heavy atom. The summed E-state index contributed by atoms with van der Waals surface area (Å²) in [7, 11) is 0. The minimum atomic E-state index is 0.0560. The van der Waals surface area contributed by atoms with Crippen LogP contribution in [-0.4, -0.2) is 15.0 Å². The van der Waals surface area contributed by atoms with Crippen molar-refractivity contribution in [3.63, 3.8) is 0 Å². The Morgan fingerprint density at radius 2 is 1.96 bits per heavy atom. The second kappa shape index (κ2) is 7.87. The van der Waals surface area contributed by atoms with Gasteiger partial charge in [0.05, 0.1) is 17.8 Å². The third kappa shape index (κ3) is 4.16. The number of nitrogens with two attached hydrogens (primary N) is 1. The molecule has 1 atom stereocenters. The normalized spacial score (nSPS) is 11.5. The summed E-state index contributed by atoms with van der Waals surface area (Å²) in [4.78, 5) is 12.7. The van der Waals surface area contributed by atoms with Crippen LogP contribution < -0.4 is 11.1 Å². The summed E-state index contributed by atoms with van der Waals surface area (Å²) in [5.74, 6) is 0.954. The Bertz CT molecular complexity index is 791. The van der Waals surface area contributed by atoms with E-state index in [1.54, 1.807) is 12.4 Å². The second-order valence-electron chi connectivity index (χ2n) is 4.75. The van der Waals surface area contributed by atoms with Gasteiger partial charge in [0.1, 0.15) is 4.60 Å². The molecule has 0 bridgehead atoms. The monoisotopic (exact) mass is 373 g/mol. The van der Waals surface area contributed by atoms with Gasteiger partial charge in [0.2, 0.25) is 0 Å². The number of rotatable bonds is 3. The molecule has 2 heterocycles. The molecule has 0 aliphatic rings. The van der Waals surface area contributed by atoms with Crippen molar-refractivity contribution in [1.29, 1.82) is 0 Å². The van der Waals surface area contributed by atoms with Crippen molar-refractivity contribution < 1.29 is 0 Å². The molecular weight excluding hydrogens is 354 g/mol. The van der Waals surface area contributed by atoms with E-state index >= 15 is 0 Å². The highest BCUT2D eigenvalue weighted by molar-refractivity contribution is 9.10. The molecule has 5 nitrogen and oxygen atoms in total. The Hall–Kier alpha value is -2.21. The van der Waals surface area contributed by atoms with Gasteiger partial charge in [-0.15, -0.1) is 0 Å². The maximum Gasteiger partial charge on any atom is 0.170 e. The first kappa shape index (κ1) is 17.1. The predicted molar refractivity (Wildman–Crippen MR) is 99.3 cm³/mol. The summed E-state index contributed by atoms with van der Waals surface area (Å²) in [6.45, 7) is 6.06. The van der Waals surface area contributed by atoms with E-state index in [2.05, 4.69) is 55.3 Å². The molecule has 0 spiro atoms. The average molecular weight is 374 g/mol. The van der Waals surface area contributed by atoms with Crippen LogP contribution in [0.2, 0.25) is 0 Å². The highest BCUT2D eigenvalue weighted by atomic mass is 79.9. The molecule has 6 heteroatoms. The van der Waals surface area contributed by atoms with Gasteiger partial charge in [0, 0.05) is 11.6 Å². The minimum Gasteiger partial charge on any atom is -0.381 e. The van der Waals surface area contributed by atoms with Crippen LogP contribution in [0.1, 0.15) is 32.4 Å². The molecule has 23 heavy (non-hydrogen) atoms. The summed E-state index contributed by atoms with van der Waals surface area (Å²) >= 11 is 3.30. The molecule has 2 aromatic heterocycles. The van der Waals surface area contributed by atoms with Gasteiger partial charge >= 0.3 is 0 Å². The molecule has 0 aliphatic carbocycles. The van der Waals surface area contributed by atoms with Crippen molar-refractivity contribution in [3.8, 4) is 0 Å². The third-order valence-corrected chi connectivity index (χ3v) is 3.63.